The standard InChI is InChI=1S/C15H19N3OS/c16-9-11-10-5-2-1-3-7-13(10)20-15(11)18-14(19)12-6-4-8-17-12/h12,17H,1-8H2,(H,18,19)/t12-/m0/s1. The van der Waals surface area contributed by atoms with Crippen molar-refractivity contribution in [2.24, 2.45) is 0 Å². The Kier molecular flexibility index (Phi) is 4.04. The van der Waals surface area contributed by atoms with Crippen molar-refractivity contribution in [2.45, 2.75) is 51.0 Å². The molecule has 4 nitrogen and oxygen atoms in total. The fourth-order valence-electron chi connectivity index (χ4n) is 3.06. The van der Waals surface area contributed by atoms with Crippen LogP contribution in [-0.2, 0) is 17.6 Å². The van der Waals surface area contributed by atoms with Crippen molar-refractivity contribution in [1.29, 1.82) is 5.26 Å². The summed E-state index contributed by atoms with van der Waals surface area (Å²) in [5.41, 5.74) is 1.89. The van der Waals surface area contributed by atoms with Crippen LogP contribution in [0.2, 0.25) is 0 Å². The van der Waals surface area contributed by atoms with Gasteiger partial charge in [0.1, 0.15) is 11.1 Å². The van der Waals surface area contributed by atoms with E-state index in [1.807, 2.05) is 0 Å². The van der Waals surface area contributed by atoms with Gasteiger partial charge in [0.2, 0.25) is 5.91 Å². The largest absolute Gasteiger partial charge is 0.315 e. The average molecular weight is 289 g/mol. The monoisotopic (exact) mass is 289 g/mol. The Bertz CT molecular complexity index is 552. The number of carbonyl (C=O) groups excluding carboxylic acids is 1. The molecular formula is C15H19N3OS. The number of anilines is 1. The van der Waals surface area contributed by atoms with E-state index >= 15 is 0 Å². The van der Waals surface area contributed by atoms with Gasteiger partial charge in [-0.15, -0.1) is 11.3 Å². The number of amides is 1. The number of rotatable bonds is 2. The van der Waals surface area contributed by atoms with Crippen LogP contribution in [0.25, 0.3) is 0 Å². The Morgan fingerprint density at radius 2 is 2.15 bits per heavy atom. The number of aryl methyl sites for hydroxylation is 1. The van der Waals surface area contributed by atoms with E-state index in [-0.39, 0.29) is 11.9 Å². The highest BCUT2D eigenvalue weighted by Crippen LogP contribution is 2.37. The molecule has 0 spiro atoms. The second kappa shape index (κ2) is 5.94. The number of nitrogens with one attached hydrogen (secondary N) is 2. The van der Waals surface area contributed by atoms with Gasteiger partial charge in [0.25, 0.3) is 0 Å². The minimum Gasteiger partial charge on any atom is -0.315 e. The SMILES string of the molecule is N#Cc1c(NC(=O)[C@@H]2CCCN2)sc2c1CCCCC2. The summed E-state index contributed by atoms with van der Waals surface area (Å²) in [6, 6.07) is 2.21. The maximum atomic E-state index is 12.2. The summed E-state index contributed by atoms with van der Waals surface area (Å²) >= 11 is 1.60. The van der Waals surface area contributed by atoms with Crippen molar-refractivity contribution in [3.63, 3.8) is 0 Å². The molecule has 3 rings (SSSR count). The lowest BCUT2D eigenvalue weighted by molar-refractivity contribution is -0.117. The molecule has 1 aromatic rings. The van der Waals surface area contributed by atoms with Crippen LogP contribution in [0.15, 0.2) is 0 Å². The van der Waals surface area contributed by atoms with Crippen LogP contribution in [-0.4, -0.2) is 18.5 Å². The van der Waals surface area contributed by atoms with Crippen LogP contribution in [0.5, 0.6) is 0 Å². The van der Waals surface area contributed by atoms with Crippen LogP contribution >= 0.6 is 11.3 Å². The highest BCUT2D eigenvalue weighted by atomic mass is 32.1. The van der Waals surface area contributed by atoms with Crippen molar-refractivity contribution < 1.29 is 4.79 Å². The van der Waals surface area contributed by atoms with Crippen molar-refractivity contribution in [2.75, 3.05) is 11.9 Å². The lowest BCUT2D eigenvalue weighted by Crippen LogP contribution is -2.35. The van der Waals surface area contributed by atoms with E-state index in [1.165, 1.54) is 23.3 Å². The number of fused-ring (bicyclic) bond motifs is 1. The molecule has 2 heterocycles. The van der Waals surface area contributed by atoms with Crippen molar-refractivity contribution >= 4 is 22.2 Å². The average Bonchev–Trinajstić information content (AvgIpc) is 3.02. The third-order valence-electron chi connectivity index (χ3n) is 4.15. The fraction of sp³-hybridized carbons (Fsp3) is 0.600. The summed E-state index contributed by atoms with van der Waals surface area (Å²) in [6.07, 6.45) is 7.54. The van der Waals surface area contributed by atoms with Crippen LogP contribution < -0.4 is 10.6 Å². The van der Waals surface area contributed by atoms with E-state index in [1.54, 1.807) is 11.3 Å². The summed E-state index contributed by atoms with van der Waals surface area (Å²) in [4.78, 5) is 13.5. The lowest BCUT2D eigenvalue weighted by atomic mass is 10.1. The molecule has 0 aromatic carbocycles. The molecule has 0 radical (unpaired) electrons. The zero-order valence-electron chi connectivity index (χ0n) is 11.5. The molecule has 1 aliphatic carbocycles. The Hall–Kier alpha value is -1.38. The number of carbonyl (C=O) groups is 1. The molecule has 106 valence electrons. The zero-order valence-corrected chi connectivity index (χ0v) is 12.3. The molecule has 1 saturated heterocycles. The van der Waals surface area contributed by atoms with E-state index < -0.39 is 0 Å². The van der Waals surface area contributed by atoms with Gasteiger partial charge >= 0.3 is 0 Å². The molecule has 2 N–H and O–H groups in total. The van der Waals surface area contributed by atoms with E-state index in [4.69, 9.17) is 0 Å². The third-order valence-corrected chi connectivity index (χ3v) is 5.35. The topological polar surface area (TPSA) is 64.9 Å². The normalized spacial score (nSPS) is 21.9. The predicted molar refractivity (Wildman–Crippen MR) is 79.9 cm³/mol. The van der Waals surface area contributed by atoms with Crippen LogP contribution in [0.1, 0.15) is 48.1 Å². The summed E-state index contributed by atoms with van der Waals surface area (Å²) in [5.74, 6) is 0.00964. The molecule has 20 heavy (non-hydrogen) atoms. The zero-order chi connectivity index (χ0) is 13.9. The Morgan fingerprint density at radius 1 is 1.30 bits per heavy atom. The Morgan fingerprint density at radius 3 is 2.90 bits per heavy atom. The van der Waals surface area contributed by atoms with Gasteiger partial charge in [-0.2, -0.15) is 5.26 Å². The van der Waals surface area contributed by atoms with E-state index in [0.717, 1.165) is 43.6 Å². The number of hydrogen-bond donors (Lipinski definition) is 2. The second-order valence-electron chi connectivity index (χ2n) is 5.52. The molecule has 0 saturated carbocycles. The molecule has 0 bridgehead atoms. The van der Waals surface area contributed by atoms with Gasteiger partial charge in [0.15, 0.2) is 0 Å². The Balaban J connectivity index is 1.82. The molecule has 1 aliphatic heterocycles. The number of nitriles is 1. The fourth-order valence-corrected chi connectivity index (χ4v) is 4.30. The minimum atomic E-state index is -0.0940. The first-order valence-electron chi connectivity index (χ1n) is 7.38. The van der Waals surface area contributed by atoms with Crippen LogP contribution in [0.4, 0.5) is 5.00 Å². The van der Waals surface area contributed by atoms with Gasteiger partial charge in [-0.05, 0) is 50.6 Å². The van der Waals surface area contributed by atoms with E-state index in [0.29, 0.717) is 5.56 Å². The van der Waals surface area contributed by atoms with Gasteiger partial charge in [-0.1, -0.05) is 6.42 Å². The molecule has 1 fully saturated rings. The van der Waals surface area contributed by atoms with Gasteiger partial charge in [0, 0.05) is 4.88 Å². The Labute approximate surface area is 123 Å². The molecule has 1 amide bonds. The highest BCUT2D eigenvalue weighted by molar-refractivity contribution is 7.16. The van der Waals surface area contributed by atoms with Crippen molar-refractivity contribution in [3.05, 3.63) is 16.0 Å². The first-order chi connectivity index (χ1) is 9.79. The number of nitrogens with zero attached hydrogens (tertiary/aromatic N) is 1. The molecule has 5 heteroatoms. The van der Waals surface area contributed by atoms with Gasteiger partial charge in [0.05, 0.1) is 11.6 Å². The van der Waals surface area contributed by atoms with Gasteiger partial charge < -0.3 is 10.6 Å². The smallest absolute Gasteiger partial charge is 0.242 e. The molecule has 2 aliphatic rings. The molecule has 0 unspecified atom stereocenters. The van der Waals surface area contributed by atoms with Gasteiger partial charge in [-0.3, -0.25) is 4.79 Å². The van der Waals surface area contributed by atoms with Gasteiger partial charge in [-0.25, -0.2) is 0 Å². The van der Waals surface area contributed by atoms with Crippen LogP contribution in [0.3, 0.4) is 0 Å². The lowest BCUT2D eigenvalue weighted by Gasteiger charge is -2.10. The quantitative estimate of drug-likeness (QED) is 0.822. The van der Waals surface area contributed by atoms with E-state index in [9.17, 15) is 10.1 Å². The first-order valence-corrected chi connectivity index (χ1v) is 8.20. The summed E-state index contributed by atoms with van der Waals surface area (Å²) in [6.45, 7) is 0.907. The van der Waals surface area contributed by atoms with Crippen molar-refractivity contribution in [3.8, 4) is 6.07 Å². The predicted octanol–water partition coefficient (Wildman–Crippen LogP) is 2.58. The first kappa shape index (κ1) is 13.6. The second-order valence-corrected chi connectivity index (χ2v) is 6.62. The summed E-state index contributed by atoms with van der Waals surface area (Å²) in [7, 11) is 0. The molecule has 1 atom stereocenters. The molecule has 1 aromatic heterocycles. The number of thiophene rings is 1. The number of hydrogen-bond acceptors (Lipinski definition) is 4. The van der Waals surface area contributed by atoms with E-state index in [2.05, 4.69) is 16.7 Å². The molecular weight excluding hydrogens is 270 g/mol. The highest BCUT2D eigenvalue weighted by Gasteiger charge is 2.25. The third kappa shape index (κ3) is 2.58. The van der Waals surface area contributed by atoms with Crippen molar-refractivity contribution in [1.82, 2.24) is 5.32 Å². The maximum absolute atomic E-state index is 12.2. The van der Waals surface area contributed by atoms with Crippen LogP contribution in [0, 0.1) is 11.3 Å². The summed E-state index contributed by atoms with van der Waals surface area (Å²) in [5, 5.41) is 16.4. The summed E-state index contributed by atoms with van der Waals surface area (Å²) < 4.78 is 0. The maximum Gasteiger partial charge on any atom is 0.242 e. The minimum absolute atomic E-state index is 0.00964.